The number of carboxylic acids is 1. The molecule has 0 aromatic heterocycles. The van der Waals surface area contributed by atoms with Crippen molar-refractivity contribution < 1.29 is 14.6 Å². The van der Waals surface area contributed by atoms with E-state index in [0.29, 0.717) is 0 Å². The van der Waals surface area contributed by atoms with Crippen LogP contribution < -0.4 is 10.5 Å². The topological polar surface area (TPSA) is 72.5 Å². The lowest BCUT2D eigenvalue weighted by atomic mass is 10.1. The molecule has 0 saturated carbocycles. The van der Waals surface area contributed by atoms with Crippen LogP contribution in [0.4, 0.5) is 5.69 Å². The number of halogens is 1. The molecule has 0 aliphatic heterocycles. The molecule has 1 aromatic rings. The second-order valence-corrected chi connectivity index (χ2v) is 3.21. The van der Waals surface area contributed by atoms with Crippen LogP contribution in [0, 0.1) is 0 Å². The van der Waals surface area contributed by atoms with Crippen LogP contribution >= 0.6 is 11.6 Å². The molecular weight excluding hydrogens is 218 g/mol. The first-order valence-electron chi connectivity index (χ1n) is 4.12. The molecule has 1 rings (SSSR count). The highest BCUT2D eigenvalue weighted by Gasteiger charge is 2.15. The number of ether oxygens (including phenoxy) is 1. The number of anilines is 1. The molecule has 0 fully saturated rings. The third-order valence-electron chi connectivity index (χ3n) is 1.66. The lowest BCUT2D eigenvalue weighted by Gasteiger charge is -2.10. The number of carbonyl (C=O) groups is 1. The largest absolute Gasteiger partial charge is 0.486 e. The number of aromatic carboxylic acids is 1. The van der Waals surface area contributed by atoms with Crippen molar-refractivity contribution in [2.75, 3.05) is 12.3 Å². The molecule has 0 aliphatic rings. The van der Waals surface area contributed by atoms with E-state index in [9.17, 15) is 4.79 Å². The van der Waals surface area contributed by atoms with Gasteiger partial charge in [-0.05, 0) is 12.1 Å². The van der Waals surface area contributed by atoms with Crippen molar-refractivity contribution in [1.82, 2.24) is 0 Å². The Morgan fingerprint density at radius 1 is 1.67 bits per heavy atom. The van der Waals surface area contributed by atoms with Gasteiger partial charge in [0.05, 0.1) is 5.69 Å². The van der Waals surface area contributed by atoms with E-state index in [4.69, 9.17) is 27.2 Å². The Morgan fingerprint density at radius 3 is 2.87 bits per heavy atom. The van der Waals surface area contributed by atoms with E-state index in [0.717, 1.165) is 0 Å². The fourth-order valence-corrected chi connectivity index (χ4v) is 1.30. The van der Waals surface area contributed by atoms with Crippen LogP contribution in [0.2, 0.25) is 5.02 Å². The van der Waals surface area contributed by atoms with Gasteiger partial charge in [0.15, 0.2) is 5.75 Å². The van der Waals surface area contributed by atoms with Gasteiger partial charge in [0.2, 0.25) is 0 Å². The third kappa shape index (κ3) is 2.63. The van der Waals surface area contributed by atoms with Crippen LogP contribution in [-0.4, -0.2) is 17.7 Å². The molecule has 0 radical (unpaired) electrons. The number of hydrogen-bond acceptors (Lipinski definition) is 3. The number of carboxylic acid groups (broad SMARTS) is 1. The summed E-state index contributed by atoms with van der Waals surface area (Å²) >= 11 is 5.68. The quantitative estimate of drug-likeness (QED) is 0.611. The maximum absolute atomic E-state index is 10.9. The predicted octanol–water partition coefficient (Wildman–Crippen LogP) is 2.19. The summed E-state index contributed by atoms with van der Waals surface area (Å²) in [6, 6.07) is 2.73. The highest BCUT2D eigenvalue weighted by molar-refractivity contribution is 6.31. The van der Waals surface area contributed by atoms with Crippen molar-refractivity contribution in [1.29, 1.82) is 0 Å². The normalized spacial score (nSPS) is 9.67. The fraction of sp³-hybridized carbons (Fsp3) is 0.100. The summed E-state index contributed by atoms with van der Waals surface area (Å²) in [4.78, 5) is 10.9. The molecule has 0 aliphatic carbocycles. The molecule has 3 N–H and O–H groups in total. The van der Waals surface area contributed by atoms with Gasteiger partial charge >= 0.3 is 5.97 Å². The first-order valence-corrected chi connectivity index (χ1v) is 4.50. The molecule has 80 valence electrons. The molecule has 0 amide bonds. The fourth-order valence-electron chi connectivity index (χ4n) is 1.08. The Kier molecular flexibility index (Phi) is 3.57. The van der Waals surface area contributed by atoms with Gasteiger partial charge in [-0.15, -0.1) is 0 Å². The van der Waals surface area contributed by atoms with Crippen molar-refractivity contribution in [2.24, 2.45) is 0 Å². The van der Waals surface area contributed by atoms with Gasteiger partial charge in [-0.3, -0.25) is 0 Å². The second-order valence-electron chi connectivity index (χ2n) is 2.78. The van der Waals surface area contributed by atoms with Crippen LogP contribution in [0.5, 0.6) is 5.75 Å². The van der Waals surface area contributed by atoms with Crippen LogP contribution in [0.15, 0.2) is 24.8 Å². The number of rotatable bonds is 4. The minimum absolute atomic E-state index is 0.0538. The molecule has 0 atom stereocenters. The van der Waals surface area contributed by atoms with Gasteiger partial charge in [-0.25, -0.2) is 4.79 Å². The summed E-state index contributed by atoms with van der Waals surface area (Å²) < 4.78 is 5.15. The highest BCUT2D eigenvalue weighted by atomic mass is 35.5. The zero-order chi connectivity index (χ0) is 11.4. The van der Waals surface area contributed by atoms with Gasteiger partial charge in [0.1, 0.15) is 12.2 Å². The molecule has 0 spiro atoms. The average Bonchev–Trinajstić information content (AvgIpc) is 2.15. The molecule has 0 heterocycles. The number of benzene rings is 1. The SMILES string of the molecule is C=CCOc1c(N)cc(Cl)cc1C(=O)O. The summed E-state index contributed by atoms with van der Waals surface area (Å²) in [6.45, 7) is 3.64. The Morgan fingerprint density at radius 2 is 2.33 bits per heavy atom. The summed E-state index contributed by atoms with van der Waals surface area (Å²) in [5.41, 5.74) is 5.74. The molecule has 15 heavy (non-hydrogen) atoms. The summed E-state index contributed by atoms with van der Waals surface area (Å²) in [7, 11) is 0. The lowest BCUT2D eigenvalue weighted by Crippen LogP contribution is -2.06. The van der Waals surface area contributed by atoms with E-state index in [-0.39, 0.29) is 28.6 Å². The molecule has 5 heteroatoms. The minimum Gasteiger partial charge on any atom is -0.486 e. The monoisotopic (exact) mass is 227 g/mol. The van der Waals surface area contributed by atoms with Crippen molar-refractivity contribution in [2.45, 2.75) is 0 Å². The van der Waals surface area contributed by atoms with Crippen molar-refractivity contribution in [3.63, 3.8) is 0 Å². The minimum atomic E-state index is -1.14. The Labute approximate surface area is 91.9 Å². The second kappa shape index (κ2) is 4.70. The Hall–Kier alpha value is -1.68. The maximum Gasteiger partial charge on any atom is 0.339 e. The van der Waals surface area contributed by atoms with Crippen LogP contribution in [-0.2, 0) is 0 Å². The van der Waals surface area contributed by atoms with Crippen molar-refractivity contribution in [3.8, 4) is 5.75 Å². The van der Waals surface area contributed by atoms with Gasteiger partial charge in [0, 0.05) is 5.02 Å². The third-order valence-corrected chi connectivity index (χ3v) is 1.88. The highest BCUT2D eigenvalue weighted by Crippen LogP contribution is 2.30. The molecule has 1 aromatic carbocycles. The summed E-state index contributed by atoms with van der Waals surface area (Å²) in [6.07, 6.45) is 1.50. The molecule has 4 nitrogen and oxygen atoms in total. The average molecular weight is 228 g/mol. The lowest BCUT2D eigenvalue weighted by molar-refractivity contribution is 0.0693. The first kappa shape index (κ1) is 11.4. The van der Waals surface area contributed by atoms with E-state index < -0.39 is 5.97 Å². The zero-order valence-electron chi connectivity index (χ0n) is 7.87. The number of nitrogen functional groups attached to an aromatic ring is 1. The van der Waals surface area contributed by atoms with Crippen LogP contribution in [0.25, 0.3) is 0 Å². The predicted molar refractivity (Wildman–Crippen MR) is 58.5 cm³/mol. The van der Waals surface area contributed by atoms with Crippen LogP contribution in [0.3, 0.4) is 0 Å². The standard InChI is InChI=1S/C10H10ClNO3/c1-2-3-15-9-7(10(13)14)4-6(11)5-8(9)12/h2,4-5H,1,3,12H2,(H,13,14). The number of nitrogens with two attached hydrogens (primary N) is 1. The van der Waals surface area contributed by atoms with Crippen molar-refractivity contribution in [3.05, 3.63) is 35.4 Å². The Bertz CT molecular complexity index is 404. The van der Waals surface area contributed by atoms with Gasteiger partial charge in [-0.1, -0.05) is 24.3 Å². The van der Waals surface area contributed by atoms with E-state index in [1.165, 1.54) is 18.2 Å². The van der Waals surface area contributed by atoms with Crippen molar-refractivity contribution >= 4 is 23.3 Å². The molecular formula is C10H10ClNO3. The Balaban J connectivity index is 3.20. The van der Waals surface area contributed by atoms with E-state index >= 15 is 0 Å². The molecule has 0 saturated heterocycles. The van der Waals surface area contributed by atoms with E-state index in [1.807, 2.05) is 0 Å². The van der Waals surface area contributed by atoms with Gasteiger partial charge < -0.3 is 15.6 Å². The van der Waals surface area contributed by atoms with E-state index in [2.05, 4.69) is 6.58 Å². The first-order chi connectivity index (χ1) is 7.06. The van der Waals surface area contributed by atoms with E-state index in [1.54, 1.807) is 0 Å². The summed E-state index contributed by atoms with van der Waals surface area (Å²) in [5, 5.41) is 9.15. The molecule has 0 unspecified atom stereocenters. The van der Waals surface area contributed by atoms with Crippen LogP contribution in [0.1, 0.15) is 10.4 Å². The maximum atomic E-state index is 10.9. The van der Waals surface area contributed by atoms with Gasteiger partial charge in [-0.2, -0.15) is 0 Å². The zero-order valence-corrected chi connectivity index (χ0v) is 8.62. The molecule has 0 bridgehead atoms. The van der Waals surface area contributed by atoms with Gasteiger partial charge in [0.25, 0.3) is 0 Å². The smallest absolute Gasteiger partial charge is 0.339 e. The summed E-state index contributed by atoms with van der Waals surface area (Å²) in [5.74, 6) is -1.02. The number of hydrogen-bond donors (Lipinski definition) is 2.